The molecule has 0 atom stereocenters. The topological polar surface area (TPSA) is 63.1 Å². The molecular formula is C25H33N5O. The van der Waals surface area contributed by atoms with Gasteiger partial charge in [0.2, 0.25) is 0 Å². The van der Waals surface area contributed by atoms with Crippen molar-refractivity contribution in [1.29, 1.82) is 0 Å². The van der Waals surface area contributed by atoms with Gasteiger partial charge >= 0.3 is 0 Å². The number of aryl methyl sites for hydroxylation is 3. The summed E-state index contributed by atoms with van der Waals surface area (Å²) in [7, 11) is 0. The second-order valence-electron chi connectivity index (χ2n) is 8.43. The van der Waals surface area contributed by atoms with E-state index in [1.54, 1.807) is 0 Å². The molecule has 6 heteroatoms. The molecule has 0 saturated heterocycles. The van der Waals surface area contributed by atoms with Gasteiger partial charge in [-0.3, -0.25) is 9.69 Å². The number of benzene rings is 1. The van der Waals surface area contributed by atoms with Crippen LogP contribution in [0.2, 0.25) is 0 Å². The number of imidazole rings is 1. The summed E-state index contributed by atoms with van der Waals surface area (Å²) in [6.07, 6.45) is 4.46. The second-order valence-corrected chi connectivity index (χ2v) is 8.43. The standard InChI is InChI=1S/C25H33N5O/c1-4-29(5-2)17-20-12-10-19(11-13-20)16-26-25(31)21-15-18(3)27-24-23(21)28-22-9-7-6-8-14-30(22)24/h10-13,15H,4-9,14,16-17H2,1-3H3,(H,26,31). The first-order chi connectivity index (χ1) is 15.1. The highest BCUT2D eigenvalue weighted by molar-refractivity contribution is 6.04. The quantitative estimate of drug-likeness (QED) is 0.622. The van der Waals surface area contributed by atoms with Crippen molar-refractivity contribution in [2.45, 2.75) is 66.1 Å². The number of nitrogens with one attached hydrogen (secondary N) is 1. The number of carbonyl (C=O) groups is 1. The van der Waals surface area contributed by atoms with Crippen LogP contribution in [0.5, 0.6) is 0 Å². The Labute approximate surface area is 184 Å². The van der Waals surface area contributed by atoms with Crippen LogP contribution in [0.1, 0.15) is 66.1 Å². The summed E-state index contributed by atoms with van der Waals surface area (Å²) in [5.74, 6) is 0.972. The van der Waals surface area contributed by atoms with Gasteiger partial charge in [0.25, 0.3) is 5.91 Å². The third kappa shape index (κ3) is 4.79. The summed E-state index contributed by atoms with van der Waals surface area (Å²) < 4.78 is 2.21. The van der Waals surface area contributed by atoms with E-state index in [1.807, 2.05) is 13.0 Å². The zero-order valence-electron chi connectivity index (χ0n) is 18.9. The van der Waals surface area contributed by atoms with E-state index in [4.69, 9.17) is 9.97 Å². The lowest BCUT2D eigenvalue weighted by Crippen LogP contribution is -2.24. The highest BCUT2D eigenvalue weighted by atomic mass is 16.1. The molecule has 0 aliphatic carbocycles. The summed E-state index contributed by atoms with van der Waals surface area (Å²) in [4.78, 5) is 25.0. The van der Waals surface area contributed by atoms with Crippen LogP contribution in [0.3, 0.4) is 0 Å². The van der Waals surface area contributed by atoms with E-state index >= 15 is 0 Å². The van der Waals surface area contributed by atoms with Crippen molar-refractivity contribution in [3.05, 3.63) is 58.5 Å². The van der Waals surface area contributed by atoms with Crippen molar-refractivity contribution in [2.75, 3.05) is 13.1 Å². The van der Waals surface area contributed by atoms with E-state index < -0.39 is 0 Å². The maximum atomic E-state index is 13.1. The van der Waals surface area contributed by atoms with E-state index in [9.17, 15) is 4.79 Å². The number of hydrogen-bond donors (Lipinski definition) is 1. The summed E-state index contributed by atoms with van der Waals surface area (Å²) in [6.45, 7) is 10.8. The van der Waals surface area contributed by atoms with Crippen molar-refractivity contribution in [1.82, 2.24) is 24.8 Å². The Morgan fingerprint density at radius 3 is 2.55 bits per heavy atom. The fourth-order valence-corrected chi connectivity index (χ4v) is 4.33. The Morgan fingerprint density at radius 1 is 1.06 bits per heavy atom. The number of aromatic nitrogens is 3. The summed E-state index contributed by atoms with van der Waals surface area (Å²) in [5, 5.41) is 3.08. The number of pyridine rings is 1. The zero-order valence-corrected chi connectivity index (χ0v) is 18.9. The Hall–Kier alpha value is -2.73. The Morgan fingerprint density at radius 2 is 1.81 bits per heavy atom. The van der Waals surface area contributed by atoms with Gasteiger partial charge < -0.3 is 9.88 Å². The molecule has 2 aromatic heterocycles. The molecule has 0 radical (unpaired) electrons. The fourth-order valence-electron chi connectivity index (χ4n) is 4.33. The number of rotatable bonds is 7. The van der Waals surface area contributed by atoms with Crippen LogP contribution >= 0.6 is 0 Å². The lowest BCUT2D eigenvalue weighted by molar-refractivity contribution is 0.0952. The van der Waals surface area contributed by atoms with Crippen LogP contribution in [0.4, 0.5) is 0 Å². The normalized spacial score (nSPS) is 13.9. The maximum Gasteiger partial charge on any atom is 0.253 e. The van der Waals surface area contributed by atoms with Crippen LogP contribution in [0.15, 0.2) is 30.3 Å². The van der Waals surface area contributed by atoms with E-state index in [-0.39, 0.29) is 5.91 Å². The third-order valence-corrected chi connectivity index (χ3v) is 6.21. The van der Waals surface area contributed by atoms with Gasteiger partial charge in [0.1, 0.15) is 11.3 Å². The number of amides is 1. The predicted molar refractivity (Wildman–Crippen MR) is 124 cm³/mol. The zero-order chi connectivity index (χ0) is 21.8. The van der Waals surface area contributed by atoms with Crippen LogP contribution in [-0.4, -0.2) is 38.4 Å². The van der Waals surface area contributed by atoms with Crippen molar-refractivity contribution in [3.63, 3.8) is 0 Å². The first kappa shape index (κ1) is 21.5. The van der Waals surface area contributed by atoms with Crippen LogP contribution < -0.4 is 5.32 Å². The minimum atomic E-state index is -0.0871. The molecule has 0 spiro atoms. The molecular weight excluding hydrogens is 386 g/mol. The summed E-state index contributed by atoms with van der Waals surface area (Å²) in [6, 6.07) is 10.4. The number of nitrogens with zero attached hydrogens (tertiary/aromatic N) is 4. The molecule has 1 aliphatic rings. The third-order valence-electron chi connectivity index (χ3n) is 6.21. The molecule has 3 heterocycles. The highest BCUT2D eigenvalue weighted by Crippen LogP contribution is 2.24. The molecule has 1 aliphatic heterocycles. The molecule has 164 valence electrons. The average Bonchev–Trinajstić information content (AvgIpc) is 2.96. The molecule has 1 aromatic carbocycles. The Kier molecular flexibility index (Phi) is 6.66. The summed E-state index contributed by atoms with van der Waals surface area (Å²) in [5.41, 5.74) is 5.45. The number of hydrogen-bond acceptors (Lipinski definition) is 4. The van der Waals surface area contributed by atoms with Crippen LogP contribution in [0.25, 0.3) is 11.2 Å². The van der Waals surface area contributed by atoms with Gasteiger partial charge in [-0.1, -0.05) is 44.5 Å². The monoisotopic (exact) mass is 419 g/mol. The largest absolute Gasteiger partial charge is 0.348 e. The average molecular weight is 420 g/mol. The van der Waals surface area contributed by atoms with E-state index in [1.165, 1.54) is 12.0 Å². The summed E-state index contributed by atoms with van der Waals surface area (Å²) >= 11 is 0. The minimum absolute atomic E-state index is 0.0871. The first-order valence-corrected chi connectivity index (χ1v) is 11.5. The van der Waals surface area contributed by atoms with Gasteiger partial charge in [0, 0.05) is 31.7 Å². The van der Waals surface area contributed by atoms with Gasteiger partial charge in [0.15, 0.2) is 5.65 Å². The first-order valence-electron chi connectivity index (χ1n) is 11.5. The lowest BCUT2D eigenvalue weighted by Gasteiger charge is -2.18. The second kappa shape index (κ2) is 9.60. The van der Waals surface area contributed by atoms with Gasteiger partial charge in [0.05, 0.1) is 5.56 Å². The molecule has 1 N–H and O–H groups in total. The molecule has 0 unspecified atom stereocenters. The van der Waals surface area contributed by atoms with Gasteiger partial charge in [-0.15, -0.1) is 0 Å². The molecule has 0 bridgehead atoms. The van der Waals surface area contributed by atoms with Gasteiger partial charge in [-0.05, 0) is 50.0 Å². The Bertz CT molecular complexity index is 1050. The van der Waals surface area contributed by atoms with Gasteiger partial charge in [-0.25, -0.2) is 9.97 Å². The fraction of sp³-hybridized carbons (Fsp3) is 0.480. The van der Waals surface area contributed by atoms with Crippen molar-refractivity contribution in [3.8, 4) is 0 Å². The number of fused-ring (bicyclic) bond motifs is 3. The van der Waals surface area contributed by atoms with Crippen LogP contribution in [0, 0.1) is 6.92 Å². The molecule has 0 saturated carbocycles. The molecule has 0 fully saturated rings. The van der Waals surface area contributed by atoms with Crippen LogP contribution in [-0.2, 0) is 26.1 Å². The van der Waals surface area contributed by atoms with E-state index in [0.29, 0.717) is 12.1 Å². The van der Waals surface area contributed by atoms with Crippen molar-refractivity contribution in [2.24, 2.45) is 0 Å². The van der Waals surface area contributed by atoms with E-state index in [0.717, 1.165) is 73.7 Å². The smallest absolute Gasteiger partial charge is 0.253 e. The molecule has 4 rings (SSSR count). The minimum Gasteiger partial charge on any atom is -0.348 e. The molecule has 1 amide bonds. The van der Waals surface area contributed by atoms with Crippen molar-refractivity contribution >= 4 is 17.1 Å². The molecule has 3 aromatic rings. The SMILES string of the molecule is CCN(CC)Cc1ccc(CNC(=O)c2cc(C)nc3c2nc2n3CCCCC2)cc1. The lowest BCUT2D eigenvalue weighted by atomic mass is 10.1. The molecule has 6 nitrogen and oxygen atoms in total. The predicted octanol–water partition coefficient (Wildman–Crippen LogP) is 4.24. The van der Waals surface area contributed by atoms with E-state index in [2.05, 4.69) is 52.9 Å². The Balaban J connectivity index is 1.49. The number of carbonyl (C=O) groups excluding carboxylic acids is 1. The molecule has 31 heavy (non-hydrogen) atoms. The van der Waals surface area contributed by atoms with Gasteiger partial charge in [-0.2, -0.15) is 0 Å². The highest BCUT2D eigenvalue weighted by Gasteiger charge is 2.20. The maximum absolute atomic E-state index is 13.1. The van der Waals surface area contributed by atoms with Crippen molar-refractivity contribution < 1.29 is 4.79 Å².